The molecule has 2 aliphatic heterocycles. The third-order valence-corrected chi connectivity index (χ3v) is 9.88. The fourth-order valence-corrected chi connectivity index (χ4v) is 7.76. The molecule has 2 aromatic rings. The van der Waals surface area contributed by atoms with Crippen LogP contribution in [0.1, 0.15) is 33.3 Å². The van der Waals surface area contributed by atoms with E-state index >= 15 is 0 Å². The number of methoxy groups -OCH3 is 1. The van der Waals surface area contributed by atoms with Crippen LogP contribution in [0.3, 0.4) is 0 Å². The van der Waals surface area contributed by atoms with Crippen molar-refractivity contribution in [3.05, 3.63) is 58.1 Å². The summed E-state index contributed by atoms with van der Waals surface area (Å²) in [6, 6.07) is 9.04. The first-order chi connectivity index (χ1) is 18.3. The lowest BCUT2D eigenvalue weighted by Gasteiger charge is -2.57. The maximum absolute atomic E-state index is 14.7. The fraction of sp³-hybridized carbons (Fsp3) is 0.481. The smallest absolute Gasteiger partial charge is 0.246 e. The van der Waals surface area contributed by atoms with Crippen molar-refractivity contribution in [1.29, 1.82) is 0 Å². The van der Waals surface area contributed by atoms with E-state index in [0.717, 1.165) is 5.56 Å². The number of amides is 2. The lowest BCUT2D eigenvalue weighted by atomic mass is 9.96. The van der Waals surface area contributed by atoms with Crippen molar-refractivity contribution in [2.24, 2.45) is 0 Å². The molecule has 3 unspecified atom stereocenters. The van der Waals surface area contributed by atoms with E-state index in [9.17, 15) is 18.0 Å². The van der Waals surface area contributed by atoms with Crippen LogP contribution in [-0.4, -0.2) is 79.4 Å². The summed E-state index contributed by atoms with van der Waals surface area (Å²) in [6.45, 7) is 7.22. The van der Waals surface area contributed by atoms with Crippen LogP contribution < -0.4 is 15.4 Å². The van der Waals surface area contributed by atoms with Crippen molar-refractivity contribution in [1.82, 2.24) is 20.4 Å². The van der Waals surface area contributed by atoms with E-state index in [1.165, 1.54) is 35.1 Å². The molecule has 0 radical (unpaired) electrons. The molecule has 2 amide bonds. The minimum absolute atomic E-state index is 0.0451. The van der Waals surface area contributed by atoms with Crippen LogP contribution in [0.25, 0.3) is 0 Å². The van der Waals surface area contributed by atoms with Crippen LogP contribution >= 0.6 is 23.2 Å². The fourth-order valence-electron chi connectivity index (χ4n) is 5.27. The minimum atomic E-state index is -4.41. The highest BCUT2D eigenvalue weighted by Gasteiger charge is 2.63. The number of piperazine rings is 1. The number of nitrogens with one attached hydrogen (secondary N) is 2. The van der Waals surface area contributed by atoms with Gasteiger partial charge in [0.2, 0.25) is 26.6 Å². The van der Waals surface area contributed by atoms with Gasteiger partial charge in [-0.25, -0.2) is 8.42 Å². The second kappa shape index (κ2) is 11.2. The molecule has 2 aromatic carbocycles. The molecule has 39 heavy (non-hydrogen) atoms. The van der Waals surface area contributed by atoms with Gasteiger partial charge in [0, 0.05) is 35.1 Å². The number of halogens is 2. The van der Waals surface area contributed by atoms with Crippen molar-refractivity contribution in [3.8, 4) is 5.75 Å². The van der Waals surface area contributed by atoms with E-state index in [1.807, 2.05) is 27.7 Å². The van der Waals surface area contributed by atoms with E-state index in [1.54, 1.807) is 24.3 Å². The lowest BCUT2D eigenvalue weighted by molar-refractivity contribution is -0.167. The summed E-state index contributed by atoms with van der Waals surface area (Å²) in [5, 5.41) is 7.14. The van der Waals surface area contributed by atoms with Crippen LogP contribution in [0.2, 0.25) is 10.0 Å². The molecule has 2 saturated heterocycles. The number of hydrogen-bond acceptors (Lipinski definition) is 7. The molecule has 2 N–H and O–H groups in total. The van der Waals surface area contributed by atoms with E-state index in [-0.39, 0.29) is 53.2 Å². The molecule has 2 fully saturated rings. The highest BCUT2D eigenvalue weighted by molar-refractivity contribution is 7.93. The number of sulfone groups is 1. The first-order valence-corrected chi connectivity index (χ1v) is 15.0. The number of rotatable bonds is 8. The number of carbonyl (C=O) groups excluding carboxylic acids is 2. The summed E-state index contributed by atoms with van der Waals surface area (Å²) in [6.07, 6.45) is 0.102. The summed E-state index contributed by atoms with van der Waals surface area (Å²) in [4.78, 5) is 28.8. The Bertz CT molecular complexity index is 1350. The van der Waals surface area contributed by atoms with Crippen LogP contribution in [0.4, 0.5) is 0 Å². The number of hydrogen-bond donors (Lipinski definition) is 2. The Labute approximate surface area is 239 Å². The minimum Gasteiger partial charge on any atom is -0.495 e. The Balaban J connectivity index is 1.95. The molecule has 212 valence electrons. The summed E-state index contributed by atoms with van der Waals surface area (Å²) < 4.78 is 34.8. The summed E-state index contributed by atoms with van der Waals surface area (Å²) in [5.74, 6) is -0.709. The molecule has 0 aliphatic carbocycles. The normalized spacial score (nSPS) is 23.9. The van der Waals surface area contributed by atoms with Gasteiger partial charge in [0.25, 0.3) is 0 Å². The molecule has 0 aromatic heterocycles. The average Bonchev–Trinajstić information content (AvgIpc) is 2.88. The van der Waals surface area contributed by atoms with Gasteiger partial charge in [0.15, 0.2) is 0 Å². The second-order valence-electron chi connectivity index (χ2n) is 10.5. The standard InChI is InChI=1S/C27H34Cl2N4O5S/c1-16(2)31-21-14-30-27(39(36,37)24-13-20(29)10-11-23(24)38-5)15-32(17(3)4)26(35)22(33(27)25(21)34)12-18-6-8-19(28)9-7-18/h6-11,13,16-17,21-22,30-31H,12,14-15H2,1-5H3. The Morgan fingerprint density at radius 2 is 1.69 bits per heavy atom. The maximum atomic E-state index is 14.7. The van der Waals surface area contributed by atoms with Gasteiger partial charge in [0.1, 0.15) is 16.7 Å². The quantitative estimate of drug-likeness (QED) is 0.482. The first-order valence-electron chi connectivity index (χ1n) is 12.8. The topological polar surface area (TPSA) is 108 Å². The number of fused-ring (bicyclic) bond motifs is 1. The van der Waals surface area contributed by atoms with E-state index in [0.29, 0.717) is 5.02 Å². The number of carbonyl (C=O) groups is 2. The van der Waals surface area contributed by atoms with Crippen LogP contribution in [0.5, 0.6) is 5.75 Å². The van der Waals surface area contributed by atoms with Crippen LogP contribution in [0, 0.1) is 0 Å². The Hall–Kier alpha value is -2.37. The van der Waals surface area contributed by atoms with Gasteiger partial charge in [0.05, 0.1) is 19.7 Å². The van der Waals surface area contributed by atoms with Crippen LogP contribution in [0.15, 0.2) is 47.4 Å². The van der Waals surface area contributed by atoms with Crippen molar-refractivity contribution < 1.29 is 22.7 Å². The first kappa shape index (κ1) is 29.6. The van der Waals surface area contributed by atoms with Gasteiger partial charge in [-0.15, -0.1) is 0 Å². The zero-order valence-corrected chi connectivity index (χ0v) is 24.9. The van der Waals surface area contributed by atoms with Crippen molar-refractivity contribution in [2.45, 2.75) is 68.2 Å². The van der Waals surface area contributed by atoms with Crippen molar-refractivity contribution in [2.75, 3.05) is 20.2 Å². The lowest BCUT2D eigenvalue weighted by Crippen LogP contribution is -2.83. The third-order valence-electron chi connectivity index (χ3n) is 7.13. The molecule has 2 heterocycles. The molecule has 2 aliphatic rings. The number of benzene rings is 2. The monoisotopic (exact) mass is 596 g/mol. The van der Waals surface area contributed by atoms with Crippen LogP contribution in [-0.2, 0) is 25.8 Å². The summed E-state index contributed by atoms with van der Waals surface area (Å²) >= 11 is 12.3. The Morgan fingerprint density at radius 3 is 2.28 bits per heavy atom. The van der Waals surface area contributed by atoms with Gasteiger partial charge < -0.3 is 15.0 Å². The highest BCUT2D eigenvalue weighted by Crippen LogP contribution is 2.41. The van der Waals surface area contributed by atoms with E-state index < -0.39 is 32.8 Å². The molecule has 0 bridgehead atoms. The molecule has 4 rings (SSSR count). The largest absolute Gasteiger partial charge is 0.495 e. The molecule has 0 saturated carbocycles. The Kier molecular flexibility index (Phi) is 8.54. The van der Waals surface area contributed by atoms with Gasteiger partial charge in [-0.05, 0) is 49.7 Å². The van der Waals surface area contributed by atoms with E-state index in [4.69, 9.17) is 27.9 Å². The van der Waals surface area contributed by atoms with Gasteiger partial charge >= 0.3 is 0 Å². The summed E-state index contributed by atoms with van der Waals surface area (Å²) in [7, 11) is -3.04. The third kappa shape index (κ3) is 5.37. The molecule has 0 spiro atoms. The molecular formula is C27H34Cl2N4O5S. The maximum Gasteiger partial charge on any atom is 0.246 e. The molecular weight excluding hydrogens is 563 g/mol. The number of nitrogens with zero attached hydrogens (tertiary/aromatic N) is 2. The molecule has 3 atom stereocenters. The SMILES string of the molecule is COc1ccc(Cl)cc1S(=O)(=O)C12CN(C(C)C)C(=O)C(Cc3ccc(Cl)cc3)N1C(=O)C(NC(C)C)CN2. The van der Waals surface area contributed by atoms with Gasteiger partial charge in [-0.2, -0.15) is 0 Å². The summed E-state index contributed by atoms with van der Waals surface area (Å²) in [5.41, 5.74) is 0.738. The molecule has 9 nitrogen and oxygen atoms in total. The van der Waals surface area contributed by atoms with Gasteiger partial charge in [-0.3, -0.25) is 19.8 Å². The number of ether oxygens (including phenoxy) is 1. The average molecular weight is 598 g/mol. The zero-order chi connectivity index (χ0) is 28.7. The second-order valence-corrected chi connectivity index (χ2v) is 13.4. The van der Waals surface area contributed by atoms with Crippen molar-refractivity contribution in [3.63, 3.8) is 0 Å². The highest BCUT2D eigenvalue weighted by atomic mass is 35.5. The predicted molar refractivity (Wildman–Crippen MR) is 151 cm³/mol. The zero-order valence-electron chi connectivity index (χ0n) is 22.6. The van der Waals surface area contributed by atoms with Crippen molar-refractivity contribution >= 4 is 44.9 Å². The van der Waals surface area contributed by atoms with E-state index in [2.05, 4.69) is 10.6 Å². The Morgan fingerprint density at radius 1 is 1.05 bits per heavy atom. The predicted octanol–water partition coefficient (Wildman–Crippen LogP) is 3.09. The van der Waals surface area contributed by atoms with Gasteiger partial charge in [-0.1, -0.05) is 49.2 Å². The molecule has 12 heteroatoms.